The Kier molecular flexibility index (Phi) is 4.41. The maximum absolute atomic E-state index is 12.6. The molecule has 1 N–H and O–H groups in total. The zero-order valence-electron chi connectivity index (χ0n) is 15.4. The molecule has 1 saturated heterocycles. The molecule has 0 aromatic carbocycles. The molecule has 6 heteroatoms. The average molecular weight is 358 g/mol. The van der Waals surface area contributed by atoms with Crippen molar-refractivity contribution < 1.29 is 17.4 Å². The van der Waals surface area contributed by atoms with Gasteiger partial charge in [0.05, 0.1) is 17.8 Å². The van der Waals surface area contributed by atoms with Crippen LogP contribution in [0.15, 0.2) is 0 Å². The smallest absolute Gasteiger partial charge is 0.268 e. The summed E-state index contributed by atoms with van der Waals surface area (Å²) in [5.41, 5.74) is -0.946. The van der Waals surface area contributed by atoms with Gasteiger partial charge in [0.15, 0.2) is 0 Å². The zero-order chi connectivity index (χ0) is 17.8. The van der Waals surface area contributed by atoms with E-state index in [1.807, 2.05) is 0 Å². The summed E-state index contributed by atoms with van der Waals surface area (Å²) in [6.45, 7) is 9.50. The molecule has 3 atom stereocenters. The van der Waals surface area contributed by atoms with E-state index in [4.69, 9.17) is 4.18 Å². The van der Waals surface area contributed by atoms with Crippen molar-refractivity contribution in [2.24, 2.45) is 22.7 Å². The normalized spacial score (nSPS) is 37.8. The Labute approximate surface area is 146 Å². The van der Waals surface area contributed by atoms with Crippen molar-refractivity contribution in [3.63, 3.8) is 0 Å². The molecule has 2 aliphatic carbocycles. The van der Waals surface area contributed by atoms with Gasteiger partial charge in [-0.1, -0.05) is 13.8 Å². The van der Waals surface area contributed by atoms with E-state index in [-0.39, 0.29) is 35.0 Å². The monoisotopic (exact) mass is 357 g/mol. The van der Waals surface area contributed by atoms with E-state index in [0.29, 0.717) is 18.8 Å². The third-order valence-corrected chi connectivity index (χ3v) is 8.34. The fraction of sp³-hybridized carbons (Fsp3) is 0.944. The van der Waals surface area contributed by atoms with Crippen LogP contribution < -0.4 is 5.32 Å². The Hall–Kier alpha value is -0.460. The highest BCUT2D eigenvalue weighted by molar-refractivity contribution is 7.86. The number of hydrogen-bond acceptors (Lipinski definition) is 5. The highest BCUT2D eigenvalue weighted by atomic mass is 32.2. The zero-order valence-corrected chi connectivity index (χ0v) is 16.2. The molecular weight excluding hydrogens is 326 g/mol. The van der Waals surface area contributed by atoms with Crippen LogP contribution >= 0.6 is 0 Å². The van der Waals surface area contributed by atoms with Gasteiger partial charge in [-0.3, -0.25) is 8.98 Å². The van der Waals surface area contributed by atoms with Gasteiger partial charge in [0.1, 0.15) is 5.78 Å². The van der Waals surface area contributed by atoms with Crippen molar-refractivity contribution in [2.75, 3.05) is 18.9 Å². The lowest BCUT2D eigenvalue weighted by Crippen LogP contribution is -2.47. The van der Waals surface area contributed by atoms with Crippen molar-refractivity contribution >= 4 is 15.9 Å². The second kappa shape index (κ2) is 5.78. The molecule has 2 bridgehead atoms. The summed E-state index contributed by atoms with van der Waals surface area (Å²) in [6, 6.07) is 0. The Morgan fingerprint density at radius 3 is 2.46 bits per heavy atom. The second-order valence-corrected chi connectivity index (χ2v) is 11.0. The van der Waals surface area contributed by atoms with E-state index < -0.39 is 15.5 Å². The fourth-order valence-corrected chi connectivity index (χ4v) is 7.07. The van der Waals surface area contributed by atoms with Crippen molar-refractivity contribution in [1.82, 2.24) is 5.32 Å². The van der Waals surface area contributed by atoms with E-state index in [2.05, 4.69) is 33.0 Å². The fourth-order valence-electron chi connectivity index (χ4n) is 5.30. The third kappa shape index (κ3) is 3.06. The van der Waals surface area contributed by atoms with Crippen LogP contribution in [0.2, 0.25) is 0 Å². The lowest BCUT2D eigenvalue weighted by Gasteiger charge is -2.37. The number of piperidine rings is 1. The summed E-state index contributed by atoms with van der Waals surface area (Å²) in [4.78, 5) is 12.5. The largest absolute Gasteiger partial charge is 0.312 e. The van der Waals surface area contributed by atoms with Crippen LogP contribution in [0.1, 0.15) is 59.8 Å². The molecule has 138 valence electrons. The summed E-state index contributed by atoms with van der Waals surface area (Å²) < 4.78 is 30.6. The minimum Gasteiger partial charge on any atom is -0.312 e. The van der Waals surface area contributed by atoms with Crippen molar-refractivity contribution in [3.05, 3.63) is 0 Å². The van der Waals surface area contributed by atoms with E-state index in [0.717, 1.165) is 25.8 Å². The van der Waals surface area contributed by atoms with Gasteiger partial charge in [0.25, 0.3) is 10.1 Å². The molecular formula is C18H31NO4S. The molecule has 24 heavy (non-hydrogen) atoms. The molecule has 5 nitrogen and oxygen atoms in total. The Morgan fingerprint density at radius 2 is 1.92 bits per heavy atom. The lowest BCUT2D eigenvalue weighted by atomic mass is 9.70. The van der Waals surface area contributed by atoms with Crippen LogP contribution in [0, 0.1) is 22.7 Å². The molecule has 1 aliphatic heterocycles. The number of hydrogen-bond donors (Lipinski definition) is 1. The number of nitrogens with one attached hydrogen (secondary N) is 1. The van der Waals surface area contributed by atoms with Crippen molar-refractivity contribution in [2.45, 2.75) is 65.3 Å². The van der Waals surface area contributed by atoms with Crippen LogP contribution in [0.3, 0.4) is 0 Å². The summed E-state index contributed by atoms with van der Waals surface area (Å²) in [5, 5.41) is 3.43. The van der Waals surface area contributed by atoms with E-state index in [9.17, 15) is 13.2 Å². The molecule has 0 amide bonds. The first kappa shape index (κ1) is 18.3. The predicted molar refractivity (Wildman–Crippen MR) is 93.1 cm³/mol. The molecule has 0 spiro atoms. The first-order valence-electron chi connectivity index (χ1n) is 9.13. The van der Waals surface area contributed by atoms with Gasteiger partial charge in [0.2, 0.25) is 0 Å². The summed E-state index contributed by atoms with van der Waals surface area (Å²) in [7, 11) is -3.69. The molecule has 2 saturated carbocycles. The van der Waals surface area contributed by atoms with Crippen molar-refractivity contribution in [1.29, 1.82) is 0 Å². The lowest BCUT2D eigenvalue weighted by molar-refractivity contribution is -0.128. The number of fused-ring (bicyclic) bond motifs is 2. The number of Topliss-reactive ketones (excluding diaryl/α,β-unsaturated/α-hetero) is 1. The molecule has 0 radical (unpaired) electrons. The Balaban J connectivity index is 1.65. The topological polar surface area (TPSA) is 72.5 Å². The maximum atomic E-state index is 12.6. The summed E-state index contributed by atoms with van der Waals surface area (Å²) in [6.07, 6.45) is 4.00. The first-order valence-corrected chi connectivity index (χ1v) is 10.7. The standard InChI is InChI=1S/C18H31NO4S/c1-16(2)10-13(6-8-19-16)11-23-24(21,22)12-18-7-5-14(9-15(18)20)17(18,3)4/h13-14,19H,5-12H2,1-4H3/t13-,14-,18-/m1/s1. The molecule has 0 aromatic rings. The number of rotatable bonds is 5. The number of carbonyl (C=O) groups excluding carboxylic acids is 1. The van der Waals surface area contributed by atoms with Crippen LogP contribution in [-0.4, -0.2) is 38.6 Å². The molecule has 3 fully saturated rings. The van der Waals surface area contributed by atoms with Gasteiger partial charge in [-0.2, -0.15) is 8.42 Å². The summed E-state index contributed by atoms with van der Waals surface area (Å²) >= 11 is 0. The van der Waals surface area contributed by atoms with E-state index >= 15 is 0 Å². The minimum atomic E-state index is -3.69. The minimum absolute atomic E-state index is 0.0246. The van der Waals surface area contributed by atoms with Gasteiger partial charge < -0.3 is 5.32 Å². The van der Waals surface area contributed by atoms with Gasteiger partial charge in [0, 0.05) is 12.0 Å². The second-order valence-electron chi connectivity index (χ2n) is 9.32. The van der Waals surface area contributed by atoms with Gasteiger partial charge in [-0.15, -0.1) is 0 Å². The SMILES string of the molecule is CC1(C)C[C@H](COS(=O)(=O)C[C@]23CC[C@H](CC2=O)C3(C)C)CCN1. The maximum Gasteiger partial charge on any atom is 0.268 e. The molecule has 0 unspecified atom stereocenters. The number of carbonyl (C=O) groups is 1. The number of ketones is 1. The highest BCUT2D eigenvalue weighted by Gasteiger charge is 2.65. The Bertz CT molecular complexity index is 625. The van der Waals surface area contributed by atoms with Crippen molar-refractivity contribution in [3.8, 4) is 0 Å². The van der Waals surface area contributed by atoms with Gasteiger partial charge in [-0.05, 0) is 63.3 Å². The molecule has 3 rings (SSSR count). The molecule has 3 aliphatic rings. The quantitative estimate of drug-likeness (QED) is 0.766. The van der Waals surface area contributed by atoms with Crippen LogP contribution in [-0.2, 0) is 19.1 Å². The van der Waals surface area contributed by atoms with Gasteiger partial charge >= 0.3 is 0 Å². The summed E-state index contributed by atoms with van der Waals surface area (Å²) in [5.74, 6) is 0.554. The van der Waals surface area contributed by atoms with E-state index in [1.54, 1.807) is 0 Å². The molecule has 1 heterocycles. The van der Waals surface area contributed by atoms with Crippen LogP contribution in [0.4, 0.5) is 0 Å². The predicted octanol–water partition coefficient (Wildman–Crippen LogP) is 2.51. The molecule has 0 aromatic heterocycles. The van der Waals surface area contributed by atoms with Crippen LogP contribution in [0.5, 0.6) is 0 Å². The van der Waals surface area contributed by atoms with E-state index in [1.165, 1.54) is 0 Å². The Morgan fingerprint density at radius 1 is 1.21 bits per heavy atom. The van der Waals surface area contributed by atoms with Gasteiger partial charge in [-0.25, -0.2) is 0 Å². The average Bonchev–Trinajstić information content (AvgIpc) is 2.78. The highest BCUT2D eigenvalue weighted by Crippen LogP contribution is 2.64. The van der Waals surface area contributed by atoms with Crippen LogP contribution in [0.25, 0.3) is 0 Å². The third-order valence-electron chi connectivity index (χ3n) is 7.00. The first-order chi connectivity index (χ1) is 11.0.